The Morgan fingerprint density at radius 2 is 1.94 bits per heavy atom. The zero-order valence-corrected chi connectivity index (χ0v) is 21.1. The van der Waals surface area contributed by atoms with E-state index in [0.29, 0.717) is 17.8 Å². The summed E-state index contributed by atoms with van der Waals surface area (Å²) >= 11 is 0. The van der Waals surface area contributed by atoms with Gasteiger partial charge in [0.05, 0.1) is 12.9 Å². The van der Waals surface area contributed by atoms with Crippen molar-refractivity contribution in [2.45, 2.75) is 57.0 Å². The van der Waals surface area contributed by atoms with E-state index >= 15 is 0 Å². The molecule has 182 valence electrons. The van der Waals surface area contributed by atoms with Crippen LogP contribution in [-0.4, -0.2) is 24.6 Å². The second-order valence-electron chi connectivity index (χ2n) is 9.77. The van der Waals surface area contributed by atoms with Gasteiger partial charge in [-0.15, -0.1) is 0 Å². The summed E-state index contributed by atoms with van der Waals surface area (Å²) in [5, 5.41) is 0.0310. The maximum Gasteiger partial charge on any atom is 0.259 e. The van der Waals surface area contributed by atoms with E-state index in [2.05, 4.69) is 53.9 Å². The van der Waals surface area contributed by atoms with Gasteiger partial charge in [0.1, 0.15) is 5.75 Å². The van der Waals surface area contributed by atoms with Crippen molar-refractivity contribution in [1.29, 1.82) is 0 Å². The van der Waals surface area contributed by atoms with Gasteiger partial charge in [-0.3, -0.25) is 0 Å². The molecule has 0 radical (unpaired) electrons. The van der Waals surface area contributed by atoms with E-state index in [1.54, 1.807) is 11.6 Å². The van der Waals surface area contributed by atoms with Crippen molar-refractivity contribution in [2.75, 3.05) is 6.61 Å². The fraction of sp³-hybridized carbons (Fsp3) is 0.444. The maximum absolute atomic E-state index is 12.6. The molecule has 3 aromatic rings. The van der Waals surface area contributed by atoms with Crippen LogP contribution in [-0.2, 0) is 30.0 Å². The predicted octanol–water partition coefficient (Wildman–Crippen LogP) is 5.06. The quantitative estimate of drug-likeness (QED) is 0.439. The van der Waals surface area contributed by atoms with Crippen molar-refractivity contribution in [3.63, 3.8) is 0 Å². The van der Waals surface area contributed by atoms with E-state index in [0.717, 1.165) is 30.8 Å². The van der Waals surface area contributed by atoms with Crippen LogP contribution in [0.2, 0.25) is 0 Å². The molecule has 0 bridgehead atoms. The molecule has 0 spiro atoms. The lowest BCUT2D eigenvalue weighted by Crippen LogP contribution is -2.28. The number of nitrogens with one attached hydrogen (secondary N) is 1. The third-order valence-electron chi connectivity index (χ3n) is 6.57. The van der Waals surface area contributed by atoms with Gasteiger partial charge in [0, 0.05) is 25.7 Å². The summed E-state index contributed by atoms with van der Waals surface area (Å²) in [6.45, 7) is 5.48. The van der Waals surface area contributed by atoms with Crippen LogP contribution in [0.4, 0.5) is 0 Å². The molecule has 7 heteroatoms. The summed E-state index contributed by atoms with van der Waals surface area (Å²) in [5.41, 5.74) is 3.41. The van der Waals surface area contributed by atoms with Crippen LogP contribution >= 0.6 is 0 Å². The molecule has 0 fully saturated rings. The zero-order valence-electron chi connectivity index (χ0n) is 20.3. The lowest BCUT2D eigenvalue weighted by Gasteiger charge is -2.34. The number of hydrogen-bond donors (Lipinski definition) is 1. The minimum atomic E-state index is -3.67. The molecule has 6 nitrogen and oxygen atoms in total. The number of ether oxygens (including phenoxy) is 1. The summed E-state index contributed by atoms with van der Waals surface area (Å²) in [6, 6.07) is 16.7. The number of sulfonamides is 1. The van der Waals surface area contributed by atoms with E-state index in [-0.39, 0.29) is 11.6 Å². The SMILES string of the molecule is CC(C)CCCC1COc2ccc(CNS(=O)(=O)c3cn(C)cn3)cc2C1Cc1ccccc1. The number of fused-ring (bicyclic) bond motifs is 1. The Labute approximate surface area is 203 Å². The summed E-state index contributed by atoms with van der Waals surface area (Å²) in [4.78, 5) is 3.97. The molecule has 0 amide bonds. The Morgan fingerprint density at radius 1 is 1.15 bits per heavy atom. The minimum Gasteiger partial charge on any atom is -0.493 e. The van der Waals surface area contributed by atoms with Gasteiger partial charge in [0.25, 0.3) is 10.0 Å². The number of benzene rings is 2. The van der Waals surface area contributed by atoms with Crippen LogP contribution in [0.5, 0.6) is 5.75 Å². The van der Waals surface area contributed by atoms with Crippen molar-refractivity contribution in [3.05, 3.63) is 77.7 Å². The highest BCUT2D eigenvalue weighted by Gasteiger charge is 2.31. The zero-order chi connectivity index (χ0) is 24.1. The highest BCUT2D eigenvalue weighted by molar-refractivity contribution is 7.89. The standard InChI is InChI=1S/C27H35N3O3S/c1-20(2)8-7-11-23-18-33-26-13-12-22(16-29-34(31,32)27-17-30(3)19-28-27)15-25(26)24(23)14-21-9-5-4-6-10-21/h4-6,9-10,12-13,15,17,19-20,23-24,29H,7-8,11,14,16,18H2,1-3H3. The molecule has 1 aromatic heterocycles. The largest absolute Gasteiger partial charge is 0.493 e. The van der Waals surface area contributed by atoms with E-state index in [1.165, 1.54) is 36.5 Å². The van der Waals surface area contributed by atoms with Crippen LogP contribution in [0.3, 0.4) is 0 Å². The molecule has 4 rings (SSSR count). The van der Waals surface area contributed by atoms with Crippen molar-refractivity contribution in [3.8, 4) is 5.75 Å². The topological polar surface area (TPSA) is 73.2 Å². The first-order chi connectivity index (χ1) is 16.3. The molecule has 1 N–H and O–H groups in total. The van der Waals surface area contributed by atoms with Gasteiger partial charge < -0.3 is 9.30 Å². The summed E-state index contributed by atoms with van der Waals surface area (Å²) in [5.74, 6) is 2.39. The number of imidazole rings is 1. The summed E-state index contributed by atoms with van der Waals surface area (Å²) in [6.07, 6.45) is 7.48. The van der Waals surface area contributed by atoms with Gasteiger partial charge in [0.15, 0.2) is 5.03 Å². The van der Waals surface area contributed by atoms with Gasteiger partial charge in [-0.25, -0.2) is 18.1 Å². The number of aryl methyl sites for hydroxylation is 1. The first-order valence-electron chi connectivity index (χ1n) is 12.1. The molecule has 0 aliphatic carbocycles. The highest BCUT2D eigenvalue weighted by atomic mass is 32.2. The first kappa shape index (κ1) is 24.5. The van der Waals surface area contributed by atoms with Crippen LogP contribution in [0.1, 0.15) is 55.7 Å². The van der Waals surface area contributed by atoms with Crippen LogP contribution in [0, 0.1) is 11.8 Å². The number of nitrogens with zero attached hydrogens (tertiary/aromatic N) is 2. The van der Waals surface area contributed by atoms with Crippen LogP contribution in [0.15, 0.2) is 66.1 Å². The number of rotatable bonds is 10. The second kappa shape index (κ2) is 10.7. The predicted molar refractivity (Wildman–Crippen MR) is 134 cm³/mol. The first-order valence-corrected chi connectivity index (χ1v) is 13.6. The summed E-state index contributed by atoms with van der Waals surface area (Å²) in [7, 11) is -1.92. The van der Waals surface area contributed by atoms with E-state index in [9.17, 15) is 8.42 Å². The molecule has 2 aromatic carbocycles. The second-order valence-corrected chi connectivity index (χ2v) is 11.5. The Balaban J connectivity index is 1.55. The molecule has 1 aliphatic heterocycles. The molecular formula is C27H35N3O3S. The van der Waals surface area contributed by atoms with Gasteiger partial charge in [-0.1, -0.05) is 69.2 Å². The molecule has 0 saturated heterocycles. The van der Waals surface area contributed by atoms with Gasteiger partial charge in [0.2, 0.25) is 0 Å². The fourth-order valence-electron chi connectivity index (χ4n) is 4.69. The smallest absolute Gasteiger partial charge is 0.259 e. The Hall–Kier alpha value is -2.64. The average molecular weight is 482 g/mol. The highest BCUT2D eigenvalue weighted by Crippen LogP contribution is 2.42. The molecule has 2 unspecified atom stereocenters. The molecule has 2 atom stereocenters. The molecule has 2 heterocycles. The van der Waals surface area contributed by atoms with Crippen LogP contribution in [0.25, 0.3) is 0 Å². The molecule has 0 saturated carbocycles. The van der Waals surface area contributed by atoms with E-state index in [4.69, 9.17) is 4.74 Å². The Bertz CT molecular complexity index is 1190. The Kier molecular flexibility index (Phi) is 7.73. The van der Waals surface area contributed by atoms with Crippen molar-refractivity contribution in [1.82, 2.24) is 14.3 Å². The lowest BCUT2D eigenvalue weighted by atomic mass is 9.77. The van der Waals surface area contributed by atoms with Gasteiger partial charge in [-0.2, -0.15) is 0 Å². The van der Waals surface area contributed by atoms with Gasteiger partial charge in [-0.05, 0) is 47.4 Å². The monoisotopic (exact) mass is 481 g/mol. The van der Waals surface area contributed by atoms with Gasteiger partial charge >= 0.3 is 0 Å². The minimum absolute atomic E-state index is 0.0310. The van der Waals surface area contributed by atoms with Crippen molar-refractivity contribution in [2.24, 2.45) is 18.9 Å². The van der Waals surface area contributed by atoms with Crippen molar-refractivity contribution >= 4 is 10.0 Å². The third kappa shape index (κ3) is 6.07. The molecule has 34 heavy (non-hydrogen) atoms. The average Bonchev–Trinajstić information content (AvgIpc) is 3.27. The lowest BCUT2D eigenvalue weighted by molar-refractivity contribution is 0.179. The maximum atomic E-state index is 12.6. The number of aromatic nitrogens is 2. The fourth-order valence-corrected chi connectivity index (χ4v) is 5.69. The molecule has 1 aliphatic rings. The number of hydrogen-bond acceptors (Lipinski definition) is 4. The van der Waals surface area contributed by atoms with Crippen LogP contribution < -0.4 is 9.46 Å². The third-order valence-corrected chi connectivity index (χ3v) is 7.86. The summed E-state index contributed by atoms with van der Waals surface area (Å²) < 4.78 is 35.7. The normalized spacial score (nSPS) is 18.0. The Morgan fingerprint density at radius 3 is 2.65 bits per heavy atom. The van der Waals surface area contributed by atoms with E-state index in [1.807, 2.05) is 18.2 Å². The van der Waals surface area contributed by atoms with E-state index < -0.39 is 10.0 Å². The molecular weight excluding hydrogens is 446 g/mol. The van der Waals surface area contributed by atoms with Crippen molar-refractivity contribution < 1.29 is 13.2 Å².